The monoisotopic (exact) mass is 1070 g/mol. The molecule has 0 amide bonds. The lowest BCUT2D eigenvalue weighted by atomic mass is 9.36. The van der Waals surface area contributed by atoms with Crippen LogP contribution < -0.4 is 25.5 Å². The Morgan fingerprint density at radius 3 is 1.46 bits per heavy atom. The number of thiophene rings is 1. The van der Waals surface area contributed by atoms with Crippen LogP contribution in [0.1, 0.15) is 79.0 Å². The molecule has 4 heteroatoms. The Kier molecular flexibility index (Phi) is 11.3. The molecular formula is C78H65BN2S. The van der Waals surface area contributed by atoms with E-state index in [2.05, 4.69) is 303 Å². The van der Waals surface area contributed by atoms with Gasteiger partial charge in [0.25, 0.3) is 6.71 Å². The van der Waals surface area contributed by atoms with Crippen molar-refractivity contribution in [3.8, 4) is 44.5 Å². The van der Waals surface area contributed by atoms with Gasteiger partial charge in [-0.1, -0.05) is 226 Å². The third-order valence-corrected chi connectivity index (χ3v) is 19.1. The first kappa shape index (κ1) is 50.3. The van der Waals surface area contributed by atoms with Gasteiger partial charge in [0.1, 0.15) is 0 Å². The van der Waals surface area contributed by atoms with Gasteiger partial charge >= 0.3 is 0 Å². The number of hydrogen-bond donors (Lipinski definition) is 0. The zero-order valence-corrected chi connectivity index (χ0v) is 49.1. The summed E-state index contributed by atoms with van der Waals surface area (Å²) in [6.45, 7) is 20.9. The first-order valence-corrected chi connectivity index (χ1v) is 30.0. The standard InChI is InChI=1S/C78H65BN2S/c1-76(2,3)59-32-36-62(37-33-59)80-68-44-57(49-19-14-11-15-20-49)45-69-73(68)79(75-74(80)64-47-61(78(7,8)9)35-40-70(64)82-75)65-43-54(51-25-23-50(24-26-51)48-17-12-10-13-18-48)31-38-67(65)81(69)66-39-34-60(77(4,5)6)46-63(66)58-41-55-29-27-52-21-16-22-53-28-30-56(42-58)72(55)71(52)53/h10-47H,1-9H3. The summed E-state index contributed by atoms with van der Waals surface area (Å²) in [6.07, 6.45) is 0. The Morgan fingerprint density at radius 1 is 0.341 bits per heavy atom. The maximum Gasteiger partial charge on any atom is 0.264 e. The predicted octanol–water partition coefficient (Wildman–Crippen LogP) is 20.4. The number of rotatable bonds is 6. The summed E-state index contributed by atoms with van der Waals surface area (Å²) in [5, 5.41) is 9.05. The van der Waals surface area contributed by atoms with Crippen molar-refractivity contribution in [1.82, 2.24) is 0 Å². The molecule has 0 unspecified atom stereocenters. The van der Waals surface area contributed by atoms with Crippen LogP contribution in [0.2, 0.25) is 0 Å². The van der Waals surface area contributed by atoms with E-state index >= 15 is 0 Å². The largest absolute Gasteiger partial charge is 0.311 e. The van der Waals surface area contributed by atoms with E-state index in [1.165, 1.54) is 142 Å². The first-order valence-electron chi connectivity index (χ1n) is 29.2. The highest BCUT2D eigenvalue weighted by atomic mass is 32.1. The van der Waals surface area contributed by atoms with E-state index in [1.54, 1.807) is 0 Å². The molecule has 13 aromatic rings. The molecule has 3 heterocycles. The van der Waals surface area contributed by atoms with Gasteiger partial charge in [-0.25, -0.2) is 0 Å². The molecule has 0 fully saturated rings. The second-order valence-electron chi connectivity index (χ2n) is 26.2. The van der Waals surface area contributed by atoms with Crippen LogP contribution in [0.15, 0.2) is 231 Å². The van der Waals surface area contributed by atoms with Crippen molar-refractivity contribution in [3.63, 3.8) is 0 Å². The number of fused-ring (bicyclic) bond motifs is 6. The van der Waals surface area contributed by atoms with Crippen molar-refractivity contribution >= 4 is 110 Å². The van der Waals surface area contributed by atoms with Crippen LogP contribution >= 0.6 is 11.3 Å². The van der Waals surface area contributed by atoms with Crippen molar-refractivity contribution in [1.29, 1.82) is 0 Å². The zero-order chi connectivity index (χ0) is 56.0. The van der Waals surface area contributed by atoms with Crippen LogP contribution in [0.5, 0.6) is 0 Å². The summed E-state index contributed by atoms with van der Waals surface area (Å²) in [7, 11) is 0. The molecule has 12 aromatic carbocycles. The van der Waals surface area contributed by atoms with Crippen LogP contribution in [0.4, 0.5) is 34.1 Å². The Labute approximate surface area is 487 Å². The molecule has 82 heavy (non-hydrogen) atoms. The minimum Gasteiger partial charge on any atom is -0.311 e. The Bertz CT molecular complexity index is 4600. The van der Waals surface area contributed by atoms with Gasteiger partial charge in [-0.3, -0.25) is 0 Å². The zero-order valence-electron chi connectivity index (χ0n) is 48.3. The SMILES string of the molecule is CC(C)(C)c1ccc(N2c3cc(-c4ccccc4)cc4c3B(c3cc(-c5ccc(-c6ccccc6)cc5)ccc3N4c3ccc(C(C)(C)C)cc3-c3cc4ccc5cccc6ccc(c3)c4c56)c3sc4ccc(C(C)(C)C)cc4c32)cc1. The Hall–Kier alpha value is -8.70. The van der Waals surface area contributed by atoms with Gasteiger partial charge in [0.15, 0.2) is 0 Å². The molecule has 0 saturated heterocycles. The molecule has 2 nitrogen and oxygen atoms in total. The van der Waals surface area contributed by atoms with Gasteiger partial charge in [0.05, 0.1) is 11.4 Å². The third-order valence-electron chi connectivity index (χ3n) is 17.8. The highest BCUT2D eigenvalue weighted by Gasteiger charge is 2.46. The highest BCUT2D eigenvalue weighted by Crippen LogP contribution is 2.52. The molecule has 15 rings (SSSR count). The molecule has 2 aliphatic rings. The number of anilines is 6. The van der Waals surface area contributed by atoms with Crippen LogP contribution in [0.3, 0.4) is 0 Å². The van der Waals surface area contributed by atoms with Crippen molar-refractivity contribution in [2.45, 2.75) is 78.6 Å². The summed E-state index contributed by atoms with van der Waals surface area (Å²) in [5.74, 6) is 0. The molecule has 0 atom stereocenters. The maximum atomic E-state index is 2.65. The molecule has 0 aliphatic carbocycles. The lowest BCUT2D eigenvalue weighted by Gasteiger charge is -2.44. The summed E-state index contributed by atoms with van der Waals surface area (Å²) < 4.78 is 2.67. The number of benzene rings is 12. The minimum atomic E-state index is -0.0981. The summed E-state index contributed by atoms with van der Waals surface area (Å²) in [4.78, 5) is 5.30. The molecular weight excluding hydrogens is 1010 g/mol. The average Bonchev–Trinajstić information content (AvgIpc) is 1.34. The fourth-order valence-corrected chi connectivity index (χ4v) is 14.7. The van der Waals surface area contributed by atoms with E-state index < -0.39 is 0 Å². The molecule has 0 N–H and O–H groups in total. The molecule has 396 valence electrons. The van der Waals surface area contributed by atoms with Gasteiger partial charge in [-0.05, 0) is 182 Å². The summed E-state index contributed by atoms with van der Waals surface area (Å²) >= 11 is 1.97. The van der Waals surface area contributed by atoms with Crippen molar-refractivity contribution < 1.29 is 0 Å². The second-order valence-corrected chi connectivity index (χ2v) is 27.3. The normalized spacial score (nSPS) is 13.4. The van der Waals surface area contributed by atoms with Gasteiger partial charge in [-0.15, -0.1) is 11.3 Å². The van der Waals surface area contributed by atoms with E-state index in [9.17, 15) is 0 Å². The Morgan fingerprint density at radius 2 is 0.841 bits per heavy atom. The van der Waals surface area contributed by atoms with Gasteiger partial charge in [0.2, 0.25) is 0 Å². The van der Waals surface area contributed by atoms with Crippen molar-refractivity contribution in [3.05, 3.63) is 247 Å². The minimum absolute atomic E-state index is 0.000412. The molecule has 0 radical (unpaired) electrons. The van der Waals surface area contributed by atoms with E-state index in [0.29, 0.717) is 0 Å². The molecule has 2 aliphatic heterocycles. The van der Waals surface area contributed by atoms with Gasteiger partial charge in [0, 0.05) is 43.2 Å². The quantitative estimate of drug-likeness (QED) is 0.121. The molecule has 0 bridgehead atoms. The van der Waals surface area contributed by atoms with Gasteiger partial charge < -0.3 is 9.80 Å². The van der Waals surface area contributed by atoms with Crippen LogP contribution in [-0.2, 0) is 16.2 Å². The topological polar surface area (TPSA) is 6.48 Å². The average molecular weight is 1070 g/mol. The summed E-state index contributed by atoms with van der Waals surface area (Å²) in [6, 6.07) is 88.4. The van der Waals surface area contributed by atoms with Crippen LogP contribution in [-0.4, -0.2) is 6.71 Å². The van der Waals surface area contributed by atoms with E-state index in [1.807, 2.05) is 11.3 Å². The fourth-order valence-electron chi connectivity index (χ4n) is 13.4. The van der Waals surface area contributed by atoms with E-state index in [-0.39, 0.29) is 23.0 Å². The maximum absolute atomic E-state index is 2.65. The van der Waals surface area contributed by atoms with Gasteiger partial charge in [-0.2, -0.15) is 0 Å². The molecule has 0 spiro atoms. The molecule has 0 saturated carbocycles. The smallest absolute Gasteiger partial charge is 0.264 e. The number of nitrogens with zero attached hydrogens (tertiary/aromatic N) is 2. The fraction of sp³-hybridized carbons (Fsp3) is 0.154. The predicted molar refractivity (Wildman–Crippen MR) is 357 cm³/mol. The van der Waals surface area contributed by atoms with Crippen LogP contribution in [0, 0.1) is 0 Å². The van der Waals surface area contributed by atoms with Crippen LogP contribution in [0.25, 0.3) is 86.9 Å². The highest BCUT2D eigenvalue weighted by molar-refractivity contribution is 7.33. The second kappa shape index (κ2) is 18.4. The summed E-state index contributed by atoms with van der Waals surface area (Å²) in [5.41, 5.74) is 23.3. The molecule has 1 aromatic heterocycles. The van der Waals surface area contributed by atoms with Crippen molar-refractivity contribution in [2.75, 3.05) is 9.80 Å². The van der Waals surface area contributed by atoms with E-state index in [4.69, 9.17) is 0 Å². The Balaban J connectivity index is 1.05. The van der Waals surface area contributed by atoms with E-state index in [0.717, 1.165) is 11.4 Å². The number of hydrogen-bond acceptors (Lipinski definition) is 3. The first-order chi connectivity index (χ1) is 39.5. The third kappa shape index (κ3) is 8.12. The lowest BCUT2D eigenvalue weighted by molar-refractivity contribution is 0.590. The lowest BCUT2D eigenvalue weighted by Crippen LogP contribution is -2.60. The van der Waals surface area contributed by atoms with Crippen molar-refractivity contribution in [2.24, 2.45) is 0 Å².